The van der Waals surface area contributed by atoms with E-state index in [0.717, 1.165) is 41.0 Å². The van der Waals surface area contributed by atoms with Crippen LogP contribution in [0.5, 0.6) is 0 Å². The van der Waals surface area contributed by atoms with Crippen LogP contribution in [0.4, 0.5) is 0 Å². The molecule has 5 heteroatoms. The van der Waals surface area contributed by atoms with Crippen molar-refractivity contribution in [2.24, 2.45) is 0 Å². The third-order valence-corrected chi connectivity index (χ3v) is 4.59. The Labute approximate surface area is 139 Å². The highest BCUT2D eigenvalue weighted by Gasteiger charge is 2.18. The Bertz CT molecular complexity index is 583. The molecule has 0 saturated carbocycles. The van der Waals surface area contributed by atoms with E-state index in [2.05, 4.69) is 57.0 Å². The summed E-state index contributed by atoms with van der Waals surface area (Å²) >= 11 is 9.71. The molecule has 1 aromatic carbocycles. The molecule has 2 rings (SSSR count). The lowest BCUT2D eigenvalue weighted by Gasteiger charge is -2.21. The van der Waals surface area contributed by atoms with Crippen molar-refractivity contribution in [2.45, 2.75) is 39.3 Å². The lowest BCUT2D eigenvalue weighted by atomic mass is 10.0. The Morgan fingerprint density at radius 2 is 2.10 bits per heavy atom. The van der Waals surface area contributed by atoms with Gasteiger partial charge in [0.2, 0.25) is 0 Å². The third-order valence-electron chi connectivity index (χ3n) is 3.36. The lowest BCUT2D eigenvalue weighted by Crippen LogP contribution is -2.26. The summed E-state index contributed by atoms with van der Waals surface area (Å²) in [6, 6.07) is 8.32. The van der Waals surface area contributed by atoms with Crippen LogP contribution in [-0.4, -0.2) is 16.3 Å². The Morgan fingerprint density at radius 1 is 1.29 bits per heavy atom. The maximum atomic E-state index is 6.26. The second kappa shape index (κ2) is 7.97. The Morgan fingerprint density at radius 3 is 2.76 bits per heavy atom. The number of hydrogen-bond acceptors (Lipinski definition) is 2. The molecule has 1 N–H and O–H groups in total. The molecule has 3 nitrogen and oxygen atoms in total. The molecule has 114 valence electrons. The number of benzene rings is 1. The van der Waals surface area contributed by atoms with Gasteiger partial charge in [0.1, 0.15) is 0 Å². The van der Waals surface area contributed by atoms with Crippen LogP contribution < -0.4 is 5.32 Å². The van der Waals surface area contributed by atoms with Crippen molar-refractivity contribution in [1.82, 2.24) is 15.1 Å². The lowest BCUT2D eigenvalue weighted by molar-refractivity contribution is 0.511. The zero-order valence-corrected chi connectivity index (χ0v) is 14.8. The van der Waals surface area contributed by atoms with Crippen molar-refractivity contribution in [1.29, 1.82) is 0 Å². The van der Waals surface area contributed by atoms with Crippen molar-refractivity contribution in [3.05, 3.63) is 51.2 Å². The van der Waals surface area contributed by atoms with Crippen LogP contribution in [0, 0.1) is 0 Å². The van der Waals surface area contributed by atoms with Crippen LogP contribution in [-0.2, 0) is 6.54 Å². The van der Waals surface area contributed by atoms with Crippen LogP contribution in [0.15, 0.2) is 34.9 Å². The summed E-state index contributed by atoms with van der Waals surface area (Å²) in [4.78, 5) is 0. The number of nitrogens with one attached hydrogen (secondary N) is 1. The van der Waals surface area contributed by atoms with Crippen molar-refractivity contribution >= 4 is 27.5 Å². The third kappa shape index (κ3) is 4.09. The van der Waals surface area contributed by atoms with E-state index in [1.165, 1.54) is 5.69 Å². The topological polar surface area (TPSA) is 29.9 Å². The molecule has 1 aromatic heterocycles. The number of aryl methyl sites for hydroxylation is 1. The minimum atomic E-state index is 0.115. The molecule has 0 radical (unpaired) electrons. The summed E-state index contributed by atoms with van der Waals surface area (Å²) in [7, 11) is 0. The second-order valence-electron chi connectivity index (χ2n) is 5.04. The molecule has 1 unspecified atom stereocenters. The molecule has 0 aliphatic carbocycles. The van der Waals surface area contributed by atoms with Gasteiger partial charge in [-0.1, -0.05) is 31.5 Å². The van der Waals surface area contributed by atoms with Gasteiger partial charge in [-0.2, -0.15) is 5.10 Å². The van der Waals surface area contributed by atoms with Gasteiger partial charge in [-0.25, -0.2) is 0 Å². The van der Waals surface area contributed by atoms with Crippen molar-refractivity contribution in [3.8, 4) is 0 Å². The van der Waals surface area contributed by atoms with E-state index in [0.29, 0.717) is 0 Å². The Balaban J connectivity index is 2.37. The highest BCUT2D eigenvalue weighted by Crippen LogP contribution is 2.29. The van der Waals surface area contributed by atoms with Gasteiger partial charge in [-0.15, -0.1) is 0 Å². The van der Waals surface area contributed by atoms with Gasteiger partial charge in [0.25, 0.3) is 0 Å². The largest absolute Gasteiger partial charge is 0.305 e. The zero-order valence-electron chi connectivity index (χ0n) is 12.4. The maximum Gasteiger partial charge on any atom is 0.0748 e. The van der Waals surface area contributed by atoms with Gasteiger partial charge in [0.15, 0.2) is 0 Å². The summed E-state index contributed by atoms with van der Waals surface area (Å²) in [5, 5.41) is 8.77. The normalized spacial score (nSPS) is 12.6. The molecule has 0 saturated heterocycles. The first-order chi connectivity index (χ1) is 10.2. The van der Waals surface area contributed by atoms with E-state index >= 15 is 0 Å². The number of rotatable bonds is 7. The first-order valence-electron chi connectivity index (χ1n) is 7.37. The minimum Gasteiger partial charge on any atom is -0.305 e. The molecule has 1 atom stereocenters. The van der Waals surface area contributed by atoms with Crippen LogP contribution in [0.1, 0.15) is 44.0 Å². The standard InChI is InChI=1S/C16H21BrClN3/c1-3-8-19-16(12-5-6-13(17)14(18)11-12)15-7-9-20-21(15)10-4-2/h5-7,9,11,16,19H,3-4,8,10H2,1-2H3. The summed E-state index contributed by atoms with van der Waals surface area (Å²) in [6.45, 7) is 6.21. The average molecular weight is 371 g/mol. The molecule has 0 amide bonds. The summed E-state index contributed by atoms with van der Waals surface area (Å²) in [6.07, 6.45) is 4.02. The minimum absolute atomic E-state index is 0.115. The van der Waals surface area contributed by atoms with Crippen LogP contribution >= 0.6 is 27.5 Å². The second-order valence-corrected chi connectivity index (χ2v) is 6.30. The molecular formula is C16H21BrClN3. The zero-order chi connectivity index (χ0) is 15.2. The molecular weight excluding hydrogens is 350 g/mol. The van der Waals surface area contributed by atoms with E-state index in [4.69, 9.17) is 11.6 Å². The van der Waals surface area contributed by atoms with Gasteiger partial charge in [-0.3, -0.25) is 4.68 Å². The average Bonchev–Trinajstić information content (AvgIpc) is 2.92. The molecule has 0 bridgehead atoms. The van der Waals surface area contributed by atoms with E-state index in [1.807, 2.05) is 18.3 Å². The van der Waals surface area contributed by atoms with E-state index in [1.54, 1.807) is 0 Å². The van der Waals surface area contributed by atoms with Gasteiger partial charge in [0, 0.05) is 17.2 Å². The number of aromatic nitrogens is 2. The SMILES string of the molecule is CCCNC(c1ccc(Br)c(Cl)c1)c1ccnn1CCC. The van der Waals surface area contributed by atoms with Crippen LogP contribution in [0.25, 0.3) is 0 Å². The van der Waals surface area contributed by atoms with Gasteiger partial charge >= 0.3 is 0 Å². The highest BCUT2D eigenvalue weighted by atomic mass is 79.9. The van der Waals surface area contributed by atoms with E-state index in [9.17, 15) is 0 Å². The molecule has 2 aromatic rings. The summed E-state index contributed by atoms with van der Waals surface area (Å²) in [5.41, 5.74) is 2.35. The van der Waals surface area contributed by atoms with Crippen LogP contribution in [0.2, 0.25) is 5.02 Å². The van der Waals surface area contributed by atoms with Gasteiger partial charge in [-0.05, 0) is 59.1 Å². The number of halogens is 2. The van der Waals surface area contributed by atoms with Crippen molar-refractivity contribution in [2.75, 3.05) is 6.54 Å². The molecule has 1 heterocycles. The molecule has 0 aliphatic rings. The van der Waals surface area contributed by atoms with Gasteiger partial charge < -0.3 is 5.32 Å². The monoisotopic (exact) mass is 369 g/mol. The summed E-state index contributed by atoms with van der Waals surface area (Å²) in [5.74, 6) is 0. The molecule has 21 heavy (non-hydrogen) atoms. The molecule has 0 aliphatic heterocycles. The molecule has 0 fully saturated rings. The Kier molecular flexibility index (Phi) is 6.27. The number of nitrogens with zero attached hydrogens (tertiary/aromatic N) is 2. The number of hydrogen-bond donors (Lipinski definition) is 1. The van der Waals surface area contributed by atoms with Gasteiger partial charge in [0.05, 0.1) is 16.8 Å². The first kappa shape index (κ1) is 16.5. The van der Waals surface area contributed by atoms with Crippen LogP contribution in [0.3, 0.4) is 0 Å². The first-order valence-corrected chi connectivity index (χ1v) is 8.54. The van der Waals surface area contributed by atoms with Crippen molar-refractivity contribution < 1.29 is 0 Å². The highest BCUT2D eigenvalue weighted by molar-refractivity contribution is 9.10. The van der Waals surface area contributed by atoms with Crippen molar-refractivity contribution in [3.63, 3.8) is 0 Å². The quantitative estimate of drug-likeness (QED) is 0.759. The fourth-order valence-corrected chi connectivity index (χ4v) is 2.80. The maximum absolute atomic E-state index is 6.26. The van der Waals surface area contributed by atoms with E-state index < -0.39 is 0 Å². The predicted octanol–water partition coefficient (Wildman–Crippen LogP) is 4.80. The van der Waals surface area contributed by atoms with E-state index in [-0.39, 0.29) is 6.04 Å². The fraction of sp³-hybridized carbons (Fsp3) is 0.438. The fourth-order valence-electron chi connectivity index (χ4n) is 2.36. The predicted molar refractivity (Wildman–Crippen MR) is 91.8 cm³/mol. The summed E-state index contributed by atoms with van der Waals surface area (Å²) < 4.78 is 2.99. The molecule has 0 spiro atoms. The smallest absolute Gasteiger partial charge is 0.0748 e. The Hall–Kier alpha value is -0.840.